The van der Waals surface area contributed by atoms with E-state index in [1.165, 1.54) is 12.1 Å². The SMILES string of the molecule is O=C(O)C(O)c1c(Cl)ccc(Br)c1F. The molecule has 1 aromatic rings. The summed E-state index contributed by atoms with van der Waals surface area (Å²) in [5.74, 6) is -2.42. The van der Waals surface area contributed by atoms with Crippen molar-refractivity contribution in [3.63, 3.8) is 0 Å². The van der Waals surface area contributed by atoms with E-state index < -0.39 is 23.5 Å². The van der Waals surface area contributed by atoms with Gasteiger partial charge in [0, 0.05) is 10.6 Å². The minimum atomic E-state index is -1.96. The van der Waals surface area contributed by atoms with Gasteiger partial charge in [0.15, 0.2) is 6.10 Å². The Hall–Kier alpha value is -0.650. The Kier molecular flexibility index (Phi) is 3.47. The Morgan fingerprint density at radius 1 is 1.57 bits per heavy atom. The van der Waals surface area contributed by atoms with Gasteiger partial charge in [0.05, 0.1) is 4.47 Å². The highest BCUT2D eigenvalue weighted by atomic mass is 79.9. The predicted octanol–water partition coefficient (Wildman–Crippen LogP) is 2.36. The molecule has 1 unspecified atom stereocenters. The number of hydrogen-bond donors (Lipinski definition) is 2. The van der Waals surface area contributed by atoms with Crippen LogP contribution in [0.1, 0.15) is 11.7 Å². The summed E-state index contributed by atoms with van der Waals surface area (Å²) in [5, 5.41) is 17.5. The lowest BCUT2D eigenvalue weighted by atomic mass is 10.1. The van der Waals surface area contributed by atoms with E-state index in [1.807, 2.05) is 0 Å². The van der Waals surface area contributed by atoms with Crippen molar-refractivity contribution < 1.29 is 19.4 Å². The van der Waals surface area contributed by atoms with Crippen LogP contribution in [0.3, 0.4) is 0 Å². The van der Waals surface area contributed by atoms with Crippen molar-refractivity contribution in [2.24, 2.45) is 0 Å². The maximum absolute atomic E-state index is 13.3. The lowest BCUT2D eigenvalue weighted by Gasteiger charge is -2.10. The van der Waals surface area contributed by atoms with E-state index in [0.717, 1.165) is 0 Å². The van der Waals surface area contributed by atoms with Gasteiger partial charge in [-0.25, -0.2) is 9.18 Å². The Balaban J connectivity index is 3.32. The molecule has 0 radical (unpaired) electrons. The van der Waals surface area contributed by atoms with Gasteiger partial charge in [-0.3, -0.25) is 0 Å². The summed E-state index contributed by atoms with van der Waals surface area (Å²) in [6, 6.07) is 2.63. The number of rotatable bonds is 2. The second-order valence-corrected chi connectivity index (χ2v) is 3.76. The molecule has 0 aliphatic carbocycles. The second-order valence-electron chi connectivity index (χ2n) is 2.50. The monoisotopic (exact) mass is 282 g/mol. The van der Waals surface area contributed by atoms with E-state index in [0.29, 0.717) is 0 Å². The molecule has 0 aliphatic rings. The molecular formula is C8H5BrClFO3. The van der Waals surface area contributed by atoms with Gasteiger partial charge in [0.2, 0.25) is 0 Å². The largest absolute Gasteiger partial charge is 0.479 e. The van der Waals surface area contributed by atoms with Gasteiger partial charge in [-0.2, -0.15) is 0 Å². The number of aliphatic carboxylic acids is 1. The van der Waals surface area contributed by atoms with Gasteiger partial charge in [-0.1, -0.05) is 11.6 Å². The predicted molar refractivity (Wildman–Crippen MR) is 51.7 cm³/mol. The topological polar surface area (TPSA) is 57.5 Å². The Morgan fingerprint density at radius 2 is 2.14 bits per heavy atom. The van der Waals surface area contributed by atoms with Crippen LogP contribution in [-0.4, -0.2) is 16.2 Å². The summed E-state index contributed by atoms with van der Waals surface area (Å²) in [5.41, 5.74) is -0.437. The first-order chi connectivity index (χ1) is 6.45. The summed E-state index contributed by atoms with van der Waals surface area (Å²) >= 11 is 8.42. The van der Waals surface area contributed by atoms with E-state index in [4.69, 9.17) is 21.8 Å². The van der Waals surface area contributed by atoms with Crippen LogP contribution in [0.4, 0.5) is 4.39 Å². The Morgan fingerprint density at radius 3 is 2.64 bits per heavy atom. The third-order valence-electron chi connectivity index (χ3n) is 1.59. The summed E-state index contributed by atoms with van der Waals surface area (Å²) in [4.78, 5) is 10.4. The highest BCUT2D eigenvalue weighted by Crippen LogP contribution is 2.30. The lowest BCUT2D eigenvalue weighted by molar-refractivity contribution is -0.147. The molecule has 0 aliphatic heterocycles. The molecule has 2 N–H and O–H groups in total. The van der Waals surface area contributed by atoms with Gasteiger partial charge in [-0.15, -0.1) is 0 Å². The van der Waals surface area contributed by atoms with Crippen molar-refractivity contribution in [3.05, 3.63) is 33.0 Å². The van der Waals surface area contributed by atoms with Crippen molar-refractivity contribution >= 4 is 33.5 Å². The molecule has 3 nitrogen and oxygen atoms in total. The summed E-state index contributed by atoms with van der Waals surface area (Å²) in [6.07, 6.45) is -1.96. The average Bonchev–Trinajstić information content (AvgIpc) is 2.12. The molecule has 0 heterocycles. The quantitative estimate of drug-likeness (QED) is 0.819. The lowest BCUT2D eigenvalue weighted by Crippen LogP contribution is -2.13. The van der Waals surface area contributed by atoms with Crippen LogP contribution < -0.4 is 0 Å². The minimum absolute atomic E-state index is 0.0530. The molecular weight excluding hydrogens is 278 g/mol. The first kappa shape index (κ1) is 11.4. The van der Waals surface area contributed by atoms with Crippen LogP contribution in [0.2, 0.25) is 5.02 Å². The highest BCUT2D eigenvalue weighted by molar-refractivity contribution is 9.10. The zero-order chi connectivity index (χ0) is 10.9. The molecule has 0 bridgehead atoms. The van der Waals surface area contributed by atoms with Crippen LogP contribution in [0, 0.1) is 5.82 Å². The fraction of sp³-hybridized carbons (Fsp3) is 0.125. The number of carboxylic acid groups (broad SMARTS) is 1. The third-order valence-corrected chi connectivity index (χ3v) is 2.53. The fourth-order valence-corrected chi connectivity index (χ4v) is 1.51. The first-order valence-electron chi connectivity index (χ1n) is 3.49. The van der Waals surface area contributed by atoms with Crippen LogP contribution in [0.15, 0.2) is 16.6 Å². The number of carbonyl (C=O) groups is 1. The second kappa shape index (κ2) is 4.25. The van der Waals surface area contributed by atoms with E-state index in [2.05, 4.69) is 15.9 Å². The Labute approximate surface area is 92.2 Å². The van der Waals surface area contributed by atoms with E-state index in [1.54, 1.807) is 0 Å². The smallest absolute Gasteiger partial charge is 0.337 e. The zero-order valence-electron chi connectivity index (χ0n) is 6.67. The van der Waals surface area contributed by atoms with Crippen molar-refractivity contribution in [1.29, 1.82) is 0 Å². The van der Waals surface area contributed by atoms with Gasteiger partial charge < -0.3 is 10.2 Å². The molecule has 1 atom stereocenters. The van der Waals surface area contributed by atoms with E-state index in [-0.39, 0.29) is 9.50 Å². The van der Waals surface area contributed by atoms with E-state index >= 15 is 0 Å². The zero-order valence-corrected chi connectivity index (χ0v) is 9.01. The van der Waals surface area contributed by atoms with Gasteiger partial charge in [-0.05, 0) is 28.1 Å². The molecule has 0 aromatic heterocycles. The van der Waals surface area contributed by atoms with E-state index in [9.17, 15) is 9.18 Å². The fourth-order valence-electron chi connectivity index (χ4n) is 0.917. The van der Waals surface area contributed by atoms with Crippen LogP contribution in [0.5, 0.6) is 0 Å². The number of benzene rings is 1. The normalized spacial score (nSPS) is 12.6. The molecule has 0 saturated carbocycles. The molecule has 1 aromatic carbocycles. The molecule has 0 amide bonds. The van der Waals surface area contributed by atoms with Crippen molar-refractivity contribution in [1.82, 2.24) is 0 Å². The molecule has 6 heteroatoms. The molecule has 76 valence electrons. The summed E-state index contributed by atoms with van der Waals surface area (Å²) < 4.78 is 13.4. The number of aliphatic hydroxyl groups is 1. The third kappa shape index (κ3) is 2.05. The van der Waals surface area contributed by atoms with Gasteiger partial charge in [0.25, 0.3) is 0 Å². The van der Waals surface area contributed by atoms with Gasteiger partial charge >= 0.3 is 5.97 Å². The number of carboxylic acids is 1. The maximum atomic E-state index is 13.3. The molecule has 14 heavy (non-hydrogen) atoms. The average molecular weight is 283 g/mol. The molecule has 0 spiro atoms. The van der Waals surface area contributed by atoms with Crippen molar-refractivity contribution in [2.45, 2.75) is 6.10 Å². The standard InChI is InChI=1S/C8H5BrClFO3/c9-3-1-2-4(10)5(6(3)11)7(12)8(13)14/h1-2,7,12H,(H,13,14). The summed E-state index contributed by atoms with van der Waals surface area (Å²) in [6.45, 7) is 0. The van der Waals surface area contributed by atoms with Crippen LogP contribution in [-0.2, 0) is 4.79 Å². The summed E-state index contributed by atoms with van der Waals surface area (Å²) in [7, 11) is 0. The van der Waals surface area contributed by atoms with Crippen LogP contribution >= 0.6 is 27.5 Å². The maximum Gasteiger partial charge on any atom is 0.337 e. The Bertz CT molecular complexity index is 383. The first-order valence-corrected chi connectivity index (χ1v) is 4.66. The molecule has 1 rings (SSSR count). The van der Waals surface area contributed by atoms with Crippen molar-refractivity contribution in [3.8, 4) is 0 Å². The van der Waals surface area contributed by atoms with Crippen molar-refractivity contribution in [2.75, 3.05) is 0 Å². The highest BCUT2D eigenvalue weighted by Gasteiger charge is 2.24. The number of aliphatic hydroxyl groups excluding tert-OH is 1. The molecule has 0 fully saturated rings. The number of halogens is 3. The van der Waals surface area contributed by atoms with Crippen LogP contribution in [0.25, 0.3) is 0 Å². The number of hydrogen-bond acceptors (Lipinski definition) is 2. The minimum Gasteiger partial charge on any atom is -0.479 e. The van der Waals surface area contributed by atoms with Gasteiger partial charge in [0.1, 0.15) is 5.82 Å². The molecule has 0 saturated heterocycles.